The summed E-state index contributed by atoms with van der Waals surface area (Å²) in [5, 5.41) is -0.159. The fourth-order valence-electron chi connectivity index (χ4n) is 1.23. The number of rotatable bonds is 4. The number of halogens is 3. The van der Waals surface area contributed by atoms with Gasteiger partial charge < -0.3 is 5.73 Å². The summed E-state index contributed by atoms with van der Waals surface area (Å²) in [5.41, 5.74) is 6.03. The van der Waals surface area contributed by atoms with E-state index in [1.54, 1.807) is 0 Å². The highest BCUT2D eigenvalue weighted by Gasteiger charge is 2.08. The molecule has 0 fully saturated rings. The molecule has 0 heterocycles. The summed E-state index contributed by atoms with van der Waals surface area (Å²) in [5.74, 6) is -1.87. The molecule has 1 rings (SSSR count). The molecule has 1 nitrogen and oxygen atoms in total. The van der Waals surface area contributed by atoms with Gasteiger partial charge in [0.1, 0.15) is 0 Å². The van der Waals surface area contributed by atoms with E-state index in [4.69, 9.17) is 17.3 Å². The van der Waals surface area contributed by atoms with Crippen LogP contribution in [0.3, 0.4) is 0 Å². The smallest absolute Gasteiger partial charge is 0.177 e. The van der Waals surface area contributed by atoms with Crippen LogP contribution in [-0.4, -0.2) is 6.54 Å². The molecule has 0 unspecified atom stereocenters. The average Bonchev–Trinajstić information content (AvgIpc) is 2.14. The summed E-state index contributed by atoms with van der Waals surface area (Å²) in [6, 6.07) is 2.63. The van der Waals surface area contributed by atoms with Crippen molar-refractivity contribution in [1.29, 1.82) is 0 Å². The van der Waals surface area contributed by atoms with Crippen LogP contribution in [0.25, 0.3) is 0 Å². The first-order chi connectivity index (χ1) is 6.65. The van der Waals surface area contributed by atoms with Crippen LogP contribution in [0.5, 0.6) is 0 Å². The number of hydrogen-bond donors (Lipinski definition) is 1. The second-order valence-corrected chi connectivity index (χ2v) is 3.53. The van der Waals surface area contributed by atoms with Crippen LogP contribution in [-0.2, 0) is 6.42 Å². The Balaban J connectivity index is 2.69. The first-order valence-electron chi connectivity index (χ1n) is 4.48. The number of aryl methyl sites for hydroxylation is 1. The number of hydrogen-bond acceptors (Lipinski definition) is 1. The van der Waals surface area contributed by atoms with Crippen molar-refractivity contribution >= 4 is 11.6 Å². The number of benzene rings is 1. The Labute approximate surface area is 86.9 Å². The first-order valence-corrected chi connectivity index (χ1v) is 4.86. The summed E-state index contributed by atoms with van der Waals surface area (Å²) in [6.07, 6.45) is 2.41. The van der Waals surface area contributed by atoms with E-state index in [1.807, 2.05) is 0 Å². The predicted octanol–water partition coefficient (Wildman–Crippen LogP) is 2.90. The van der Waals surface area contributed by atoms with Crippen molar-refractivity contribution in [2.45, 2.75) is 19.3 Å². The lowest BCUT2D eigenvalue weighted by atomic mass is 10.1. The summed E-state index contributed by atoms with van der Waals surface area (Å²) >= 11 is 5.49. The van der Waals surface area contributed by atoms with Gasteiger partial charge in [-0.3, -0.25) is 0 Å². The fraction of sp³-hybridized carbons (Fsp3) is 0.400. The molecule has 0 saturated carbocycles. The highest BCUT2D eigenvalue weighted by atomic mass is 35.5. The second kappa shape index (κ2) is 5.27. The van der Waals surface area contributed by atoms with E-state index >= 15 is 0 Å². The SMILES string of the molecule is NCCCCc1cc(F)c(F)c(Cl)c1. The van der Waals surface area contributed by atoms with E-state index in [-0.39, 0.29) is 5.02 Å². The van der Waals surface area contributed by atoms with Crippen molar-refractivity contribution in [3.63, 3.8) is 0 Å². The molecule has 1 aromatic rings. The quantitative estimate of drug-likeness (QED) is 0.612. The van der Waals surface area contributed by atoms with Gasteiger partial charge in [-0.15, -0.1) is 0 Å². The Morgan fingerprint density at radius 3 is 2.50 bits per heavy atom. The molecule has 4 heteroatoms. The summed E-state index contributed by atoms with van der Waals surface area (Å²) in [6.45, 7) is 0.609. The zero-order valence-corrected chi connectivity index (χ0v) is 8.45. The normalized spacial score (nSPS) is 10.6. The highest BCUT2D eigenvalue weighted by molar-refractivity contribution is 6.30. The molecule has 0 amide bonds. The Bertz CT molecular complexity index is 292. The third-order valence-corrected chi connectivity index (χ3v) is 2.24. The Morgan fingerprint density at radius 2 is 1.93 bits per heavy atom. The molecular formula is C10H12ClF2N. The van der Waals surface area contributed by atoms with Gasteiger partial charge in [0.2, 0.25) is 0 Å². The summed E-state index contributed by atoms with van der Waals surface area (Å²) < 4.78 is 25.6. The van der Waals surface area contributed by atoms with Gasteiger partial charge in [-0.25, -0.2) is 8.78 Å². The zero-order valence-electron chi connectivity index (χ0n) is 7.69. The van der Waals surface area contributed by atoms with Crippen LogP contribution in [0.2, 0.25) is 5.02 Å². The highest BCUT2D eigenvalue weighted by Crippen LogP contribution is 2.20. The van der Waals surface area contributed by atoms with E-state index < -0.39 is 11.6 Å². The molecular weight excluding hydrogens is 208 g/mol. The van der Waals surface area contributed by atoms with Crippen molar-refractivity contribution in [2.75, 3.05) is 6.54 Å². The lowest BCUT2D eigenvalue weighted by molar-refractivity contribution is 0.507. The van der Waals surface area contributed by atoms with Crippen molar-refractivity contribution in [3.05, 3.63) is 34.4 Å². The molecule has 0 spiro atoms. The van der Waals surface area contributed by atoms with Crippen LogP contribution in [0, 0.1) is 11.6 Å². The second-order valence-electron chi connectivity index (χ2n) is 3.12. The van der Waals surface area contributed by atoms with Crippen molar-refractivity contribution in [3.8, 4) is 0 Å². The zero-order chi connectivity index (χ0) is 10.6. The molecule has 78 valence electrons. The monoisotopic (exact) mass is 219 g/mol. The van der Waals surface area contributed by atoms with Crippen LogP contribution >= 0.6 is 11.6 Å². The van der Waals surface area contributed by atoms with Crippen molar-refractivity contribution in [2.24, 2.45) is 5.73 Å². The van der Waals surface area contributed by atoms with Gasteiger partial charge in [0.15, 0.2) is 11.6 Å². The Kier molecular flexibility index (Phi) is 4.29. The Morgan fingerprint density at radius 1 is 1.21 bits per heavy atom. The molecule has 0 radical (unpaired) electrons. The molecule has 14 heavy (non-hydrogen) atoms. The topological polar surface area (TPSA) is 26.0 Å². The molecule has 2 N–H and O–H groups in total. The van der Waals surface area contributed by atoms with Gasteiger partial charge in [-0.1, -0.05) is 11.6 Å². The molecule has 0 aromatic heterocycles. The lowest BCUT2D eigenvalue weighted by Crippen LogP contribution is -1.99. The predicted molar refractivity (Wildman–Crippen MR) is 53.4 cm³/mol. The van der Waals surface area contributed by atoms with E-state index in [9.17, 15) is 8.78 Å². The van der Waals surface area contributed by atoms with Crippen molar-refractivity contribution in [1.82, 2.24) is 0 Å². The van der Waals surface area contributed by atoms with Crippen LogP contribution in [0.4, 0.5) is 8.78 Å². The van der Waals surface area contributed by atoms with E-state index in [0.717, 1.165) is 12.8 Å². The maximum atomic E-state index is 12.9. The number of unbranched alkanes of at least 4 members (excludes halogenated alkanes) is 1. The molecule has 0 aliphatic carbocycles. The van der Waals surface area contributed by atoms with Gasteiger partial charge in [0, 0.05) is 0 Å². The third kappa shape index (κ3) is 2.93. The summed E-state index contributed by atoms with van der Waals surface area (Å²) in [7, 11) is 0. The molecule has 0 atom stereocenters. The standard InChI is InChI=1S/C10H12ClF2N/c11-8-5-7(3-1-2-4-14)6-9(12)10(8)13/h5-6H,1-4,14H2. The van der Waals surface area contributed by atoms with E-state index in [0.29, 0.717) is 18.5 Å². The number of nitrogens with two attached hydrogens (primary N) is 1. The maximum absolute atomic E-state index is 12.9. The average molecular weight is 220 g/mol. The van der Waals surface area contributed by atoms with Gasteiger partial charge in [0.25, 0.3) is 0 Å². The third-order valence-electron chi connectivity index (χ3n) is 1.96. The van der Waals surface area contributed by atoms with E-state index in [1.165, 1.54) is 12.1 Å². The minimum Gasteiger partial charge on any atom is -0.330 e. The lowest BCUT2D eigenvalue weighted by Gasteiger charge is -2.03. The maximum Gasteiger partial charge on any atom is 0.177 e. The molecule has 0 bridgehead atoms. The molecule has 0 saturated heterocycles. The fourth-order valence-corrected chi connectivity index (χ4v) is 1.46. The first kappa shape index (κ1) is 11.4. The van der Waals surface area contributed by atoms with Gasteiger partial charge in [-0.2, -0.15) is 0 Å². The van der Waals surface area contributed by atoms with Crippen LogP contribution < -0.4 is 5.73 Å². The molecule has 0 aliphatic rings. The van der Waals surface area contributed by atoms with Gasteiger partial charge >= 0.3 is 0 Å². The van der Waals surface area contributed by atoms with Gasteiger partial charge in [-0.05, 0) is 43.5 Å². The van der Waals surface area contributed by atoms with Crippen LogP contribution in [0.1, 0.15) is 18.4 Å². The minimum atomic E-state index is -0.978. The molecule has 1 aromatic carbocycles. The largest absolute Gasteiger partial charge is 0.330 e. The van der Waals surface area contributed by atoms with E-state index in [2.05, 4.69) is 0 Å². The Hall–Kier alpha value is -0.670. The minimum absolute atomic E-state index is 0.159. The van der Waals surface area contributed by atoms with Crippen LogP contribution in [0.15, 0.2) is 12.1 Å². The van der Waals surface area contributed by atoms with Crippen molar-refractivity contribution < 1.29 is 8.78 Å². The molecule has 0 aliphatic heterocycles. The van der Waals surface area contributed by atoms with Gasteiger partial charge in [0.05, 0.1) is 5.02 Å². The summed E-state index contributed by atoms with van der Waals surface area (Å²) in [4.78, 5) is 0.